The lowest BCUT2D eigenvalue weighted by Crippen LogP contribution is -2.40. The molecule has 172 valence electrons. The van der Waals surface area contributed by atoms with Crippen molar-refractivity contribution in [1.29, 1.82) is 0 Å². The van der Waals surface area contributed by atoms with Gasteiger partial charge in [0.1, 0.15) is 18.1 Å². The Morgan fingerprint density at radius 2 is 1.65 bits per heavy atom. The van der Waals surface area contributed by atoms with Crippen LogP contribution in [0.2, 0.25) is 0 Å². The second kappa shape index (κ2) is 9.80. The number of ether oxygens (including phenoxy) is 2. The van der Waals surface area contributed by atoms with Gasteiger partial charge in [-0.3, -0.25) is 9.59 Å². The first kappa shape index (κ1) is 21.7. The molecule has 4 aromatic rings. The van der Waals surface area contributed by atoms with Gasteiger partial charge in [-0.05, 0) is 59.3 Å². The number of nitrogens with one attached hydrogen (secondary N) is 1. The van der Waals surface area contributed by atoms with Gasteiger partial charge in [-0.25, -0.2) is 0 Å². The standard InChI is InChI=1S/C27H24N2O5/c30-26(28-22-8-5-20(6-9-22)27(31)29-13-15-32-16-14-29)25-12-11-24(34-25)18-33-23-10-7-19-3-1-2-4-21(19)17-23/h1-12,17H,13-16,18H2,(H,28,30). The molecule has 1 saturated heterocycles. The zero-order valence-corrected chi connectivity index (χ0v) is 18.5. The average molecular weight is 456 g/mol. The molecule has 0 unspecified atom stereocenters. The molecule has 34 heavy (non-hydrogen) atoms. The van der Waals surface area contributed by atoms with Crippen molar-refractivity contribution >= 4 is 28.3 Å². The molecule has 1 aliphatic rings. The van der Waals surface area contributed by atoms with Crippen LogP contribution < -0.4 is 10.1 Å². The third-order valence-corrected chi connectivity index (χ3v) is 5.68. The summed E-state index contributed by atoms with van der Waals surface area (Å²) in [4.78, 5) is 26.9. The summed E-state index contributed by atoms with van der Waals surface area (Å²) < 4.78 is 16.8. The van der Waals surface area contributed by atoms with Crippen LogP contribution in [0, 0.1) is 0 Å². The lowest BCUT2D eigenvalue weighted by atomic mass is 10.1. The van der Waals surface area contributed by atoms with Crippen LogP contribution in [0.15, 0.2) is 83.3 Å². The third-order valence-electron chi connectivity index (χ3n) is 5.68. The number of morpholine rings is 1. The SMILES string of the molecule is O=C(Nc1ccc(C(=O)N2CCOCC2)cc1)c1ccc(COc2ccc3ccccc3c2)o1. The number of hydrogen-bond acceptors (Lipinski definition) is 5. The number of carbonyl (C=O) groups excluding carboxylic acids is 2. The normalized spacial score (nSPS) is 13.6. The molecule has 1 aliphatic heterocycles. The molecule has 7 heteroatoms. The summed E-state index contributed by atoms with van der Waals surface area (Å²) in [7, 11) is 0. The van der Waals surface area contributed by atoms with Crippen molar-refractivity contribution in [1.82, 2.24) is 4.90 Å². The van der Waals surface area contributed by atoms with Gasteiger partial charge in [0.15, 0.2) is 5.76 Å². The zero-order chi connectivity index (χ0) is 23.3. The van der Waals surface area contributed by atoms with E-state index in [2.05, 4.69) is 5.32 Å². The number of hydrogen-bond donors (Lipinski definition) is 1. The van der Waals surface area contributed by atoms with Crippen LogP contribution in [0.25, 0.3) is 10.8 Å². The predicted molar refractivity (Wildman–Crippen MR) is 128 cm³/mol. The molecule has 0 bridgehead atoms. The quantitative estimate of drug-likeness (QED) is 0.453. The van der Waals surface area contributed by atoms with Crippen molar-refractivity contribution in [2.75, 3.05) is 31.6 Å². The number of anilines is 1. The van der Waals surface area contributed by atoms with Crippen molar-refractivity contribution in [2.45, 2.75) is 6.61 Å². The maximum Gasteiger partial charge on any atom is 0.291 e. The molecule has 0 atom stereocenters. The van der Waals surface area contributed by atoms with E-state index >= 15 is 0 Å². The highest BCUT2D eigenvalue weighted by atomic mass is 16.5. The van der Waals surface area contributed by atoms with E-state index in [9.17, 15) is 9.59 Å². The lowest BCUT2D eigenvalue weighted by molar-refractivity contribution is 0.0303. The minimum absolute atomic E-state index is 0.0386. The van der Waals surface area contributed by atoms with E-state index in [0.717, 1.165) is 16.5 Å². The molecule has 7 nitrogen and oxygen atoms in total. The summed E-state index contributed by atoms with van der Waals surface area (Å²) in [6.07, 6.45) is 0. The number of fused-ring (bicyclic) bond motifs is 1. The van der Waals surface area contributed by atoms with Gasteiger partial charge in [0.2, 0.25) is 0 Å². The van der Waals surface area contributed by atoms with Crippen LogP contribution in [-0.2, 0) is 11.3 Å². The molecule has 1 aromatic heterocycles. The van der Waals surface area contributed by atoms with Gasteiger partial charge in [0, 0.05) is 24.3 Å². The van der Waals surface area contributed by atoms with Crippen molar-refractivity contribution in [3.8, 4) is 5.75 Å². The van der Waals surface area contributed by atoms with E-state index < -0.39 is 0 Å². The second-order valence-corrected chi connectivity index (χ2v) is 8.00. The third kappa shape index (κ3) is 4.94. The van der Waals surface area contributed by atoms with E-state index in [0.29, 0.717) is 43.3 Å². The number of rotatable bonds is 6. The molecule has 1 N–H and O–H groups in total. The summed E-state index contributed by atoms with van der Waals surface area (Å²) in [6.45, 7) is 2.49. The Hall–Kier alpha value is -4.10. The van der Waals surface area contributed by atoms with Crippen molar-refractivity contribution < 1.29 is 23.5 Å². The van der Waals surface area contributed by atoms with E-state index in [1.165, 1.54) is 0 Å². The summed E-state index contributed by atoms with van der Waals surface area (Å²) in [6, 6.07) is 24.1. The van der Waals surface area contributed by atoms with Crippen molar-refractivity contribution in [3.05, 3.63) is 95.9 Å². The molecular formula is C27H24N2O5. The maximum absolute atomic E-state index is 12.6. The molecule has 1 fully saturated rings. The Balaban J connectivity index is 1.17. The maximum atomic E-state index is 12.6. The Bertz CT molecular complexity index is 1310. The Morgan fingerprint density at radius 1 is 0.882 bits per heavy atom. The van der Waals surface area contributed by atoms with E-state index in [4.69, 9.17) is 13.9 Å². The predicted octanol–water partition coefficient (Wildman–Crippen LogP) is 4.74. The van der Waals surface area contributed by atoms with Gasteiger partial charge < -0.3 is 24.1 Å². The molecule has 5 rings (SSSR count). The number of carbonyl (C=O) groups is 2. The molecule has 0 radical (unpaired) electrons. The lowest BCUT2D eigenvalue weighted by Gasteiger charge is -2.26. The van der Waals surface area contributed by atoms with Crippen LogP contribution >= 0.6 is 0 Å². The first-order valence-corrected chi connectivity index (χ1v) is 11.1. The first-order valence-electron chi connectivity index (χ1n) is 11.1. The number of amides is 2. The molecular weight excluding hydrogens is 432 g/mol. The van der Waals surface area contributed by atoms with Gasteiger partial charge in [0.05, 0.1) is 13.2 Å². The highest BCUT2D eigenvalue weighted by Gasteiger charge is 2.18. The van der Waals surface area contributed by atoms with Crippen molar-refractivity contribution in [3.63, 3.8) is 0 Å². The minimum atomic E-state index is -0.371. The van der Waals surface area contributed by atoms with Gasteiger partial charge in [-0.1, -0.05) is 30.3 Å². The zero-order valence-electron chi connectivity index (χ0n) is 18.5. The number of furan rings is 1. The van der Waals surface area contributed by atoms with Crippen LogP contribution in [0.5, 0.6) is 5.75 Å². The fraction of sp³-hybridized carbons (Fsp3) is 0.185. The summed E-state index contributed by atoms with van der Waals surface area (Å²) in [5.74, 6) is 1.05. The monoisotopic (exact) mass is 456 g/mol. The Kier molecular flexibility index (Phi) is 6.27. The average Bonchev–Trinajstić information content (AvgIpc) is 3.37. The highest BCUT2D eigenvalue weighted by molar-refractivity contribution is 6.02. The fourth-order valence-corrected chi connectivity index (χ4v) is 3.83. The van der Waals surface area contributed by atoms with Crippen LogP contribution in [0.3, 0.4) is 0 Å². The van der Waals surface area contributed by atoms with Crippen LogP contribution in [0.4, 0.5) is 5.69 Å². The molecule has 2 amide bonds. The molecule has 0 aliphatic carbocycles. The number of nitrogens with zero attached hydrogens (tertiary/aromatic N) is 1. The number of benzene rings is 3. The molecule has 3 aromatic carbocycles. The summed E-state index contributed by atoms with van der Waals surface area (Å²) >= 11 is 0. The van der Waals surface area contributed by atoms with Crippen LogP contribution in [-0.4, -0.2) is 43.0 Å². The first-order chi connectivity index (χ1) is 16.7. The second-order valence-electron chi connectivity index (χ2n) is 8.00. The largest absolute Gasteiger partial charge is 0.486 e. The van der Waals surface area contributed by atoms with Gasteiger partial charge in [-0.15, -0.1) is 0 Å². The smallest absolute Gasteiger partial charge is 0.291 e. The van der Waals surface area contributed by atoms with Gasteiger partial charge in [0.25, 0.3) is 11.8 Å². The van der Waals surface area contributed by atoms with E-state index in [1.807, 2.05) is 42.5 Å². The summed E-state index contributed by atoms with van der Waals surface area (Å²) in [5, 5.41) is 5.03. The fourth-order valence-electron chi connectivity index (χ4n) is 3.83. The minimum Gasteiger partial charge on any atom is -0.486 e. The molecule has 2 heterocycles. The van der Waals surface area contributed by atoms with E-state index in [-0.39, 0.29) is 24.2 Å². The molecule has 0 spiro atoms. The Labute approximate surface area is 196 Å². The summed E-state index contributed by atoms with van der Waals surface area (Å²) in [5.41, 5.74) is 1.15. The Morgan fingerprint density at radius 3 is 2.44 bits per heavy atom. The van der Waals surface area contributed by atoms with Crippen LogP contribution in [0.1, 0.15) is 26.7 Å². The molecule has 0 saturated carbocycles. The van der Waals surface area contributed by atoms with Crippen molar-refractivity contribution in [2.24, 2.45) is 0 Å². The van der Waals surface area contributed by atoms with E-state index in [1.54, 1.807) is 41.3 Å². The highest BCUT2D eigenvalue weighted by Crippen LogP contribution is 2.22. The topological polar surface area (TPSA) is 81.0 Å². The van der Waals surface area contributed by atoms with Gasteiger partial charge >= 0.3 is 0 Å². The van der Waals surface area contributed by atoms with Gasteiger partial charge in [-0.2, -0.15) is 0 Å².